The van der Waals surface area contributed by atoms with Gasteiger partial charge in [-0.1, -0.05) is 18.2 Å². The van der Waals surface area contributed by atoms with Crippen molar-refractivity contribution in [2.75, 3.05) is 33.3 Å². The molecule has 2 aromatic carbocycles. The number of aromatic hydroxyl groups is 1. The maximum atomic E-state index is 11.6. The first-order chi connectivity index (χ1) is 17.0. The number of phenols is 1. The van der Waals surface area contributed by atoms with Crippen molar-refractivity contribution in [3.8, 4) is 23.3 Å². The Morgan fingerprint density at radius 3 is 2.77 bits per heavy atom. The molecular weight excluding hydrogens is 442 g/mol. The van der Waals surface area contributed by atoms with E-state index in [9.17, 15) is 15.0 Å². The molecule has 4 N–H and O–H groups in total. The van der Waals surface area contributed by atoms with Gasteiger partial charge in [0.25, 0.3) is 0 Å². The largest absolute Gasteiger partial charge is 0.506 e. The zero-order chi connectivity index (χ0) is 24.6. The molecule has 0 spiro atoms. The number of benzene rings is 2. The molecule has 7 nitrogen and oxygen atoms in total. The number of phenolic OH excluding ortho intramolecular Hbond substituents is 1. The predicted octanol–water partition coefficient (Wildman–Crippen LogP) is 2.97. The third-order valence-electron chi connectivity index (χ3n) is 6.52. The molecule has 184 valence electrons. The molecule has 1 aliphatic rings. The number of hydrogen-bond donors (Lipinski definition) is 4. The van der Waals surface area contributed by atoms with Gasteiger partial charge < -0.3 is 25.3 Å². The van der Waals surface area contributed by atoms with E-state index >= 15 is 0 Å². The third kappa shape index (κ3) is 6.64. The van der Waals surface area contributed by atoms with Gasteiger partial charge in [0.05, 0.1) is 11.6 Å². The molecule has 3 aromatic rings. The van der Waals surface area contributed by atoms with Crippen molar-refractivity contribution in [2.24, 2.45) is 0 Å². The molecule has 1 unspecified atom stereocenters. The Labute approximate surface area is 205 Å². The van der Waals surface area contributed by atoms with Crippen LogP contribution in [0.15, 0.2) is 53.3 Å². The quantitative estimate of drug-likeness (QED) is 0.252. The number of aliphatic hydroxyl groups is 1. The molecule has 1 aromatic heterocycles. The van der Waals surface area contributed by atoms with Crippen LogP contribution in [0.4, 0.5) is 0 Å². The van der Waals surface area contributed by atoms with Gasteiger partial charge in [-0.15, -0.1) is 11.8 Å². The molecule has 0 saturated heterocycles. The van der Waals surface area contributed by atoms with Crippen molar-refractivity contribution >= 4 is 10.9 Å². The fourth-order valence-electron chi connectivity index (χ4n) is 4.37. The van der Waals surface area contributed by atoms with E-state index in [1.807, 2.05) is 12.1 Å². The SMILES string of the molecule is CN(CCOc1ccc(CCNC[C@H](O)c2ccc(O)c3[nH]c(=O)ccc23)cc1)C1CC#CCC1. The molecule has 0 bridgehead atoms. The number of ether oxygens (including phenoxy) is 1. The van der Waals surface area contributed by atoms with E-state index in [2.05, 4.69) is 46.2 Å². The Morgan fingerprint density at radius 1 is 1.17 bits per heavy atom. The summed E-state index contributed by atoms with van der Waals surface area (Å²) in [5, 5.41) is 24.6. The number of fused-ring (bicyclic) bond motifs is 1. The summed E-state index contributed by atoms with van der Waals surface area (Å²) in [5.41, 5.74) is 1.89. The van der Waals surface area contributed by atoms with Crippen molar-refractivity contribution < 1.29 is 14.9 Å². The van der Waals surface area contributed by atoms with E-state index in [4.69, 9.17) is 4.74 Å². The molecule has 1 heterocycles. The molecule has 0 fully saturated rings. The Hall–Kier alpha value is -3.31. The van der Waals surface area contributed by atoms with Crippen LogP contribution in [-0.4, -0.2) is 59.4 Å². The van der Waals surface area contributed by atoms with Crippen molar-refractivity contribution in [1.82, 2.24) is 15.2 Å². The monoisotopic (exact) mass is 475 g/mol. The van der Waals surface area contributed by atoms with Crippen LogP contribution in [-0.2, 0) is 6.42 Å². The van der Waals surface area contributed by atoms with Crippen LogP contribution in [0.25, 0.3) is 10.9 Å². The Balaban J connectivity index is 1.19. The summed E-state index contributed by atoms with van der Waals surface area (Å²) in [6, 6.07) is 14.9. The zero-order valence-electron chi connectivity index (χ0n) is 20.1. The summed E-state index contributed by atoms with van der Waals surface area (Å²) in [5.74, 6) is 7.21. The first kappa shape index (κ1) is 24.8. The molecule has 0 amide bonds. The summed E-state index contributed by atoms with van der Waals surface area (Å²) in [6.45, 7) is 2.60. The molecule has 0 aliphatic heterocycles. The maximum Gasteiger partial charge on any atom is 0.248 e. The molecule has 2 atom stereocenters. The van der Waals surface area contributed by atoms with Crippen molar-refractivity contribution in [3.05, 3.63) is 70.0 Å². The second-order valence-corrected chi connectivity index (χ2v) is 8.98. The van der Waals surface area contributed by atoms with Crippen molar-refractivity contribution in [1.29, 1.82) is 0 Å². The maximum absolute atomic E-state index is 11.6. The van der Waals surface area contributed by atoms with Gasteiger partial charge in [0, 0.05) is 43.4 Å². The standard InChI is InChI=1S/C28H33N3O4/c1-31(21-5-3-2-4-6-21)17-18-35-22-9-7-20(8-10-22)15-16-29-19-26(33)23-11-13-25(32)28-24(23)12-14-27(34)30-28/h7-14,21,26,29,32-33H,3,5-6,15-19H2,1H3,(H,30,34)/t21?,26-/m0/s1. The Bertz CT molecular complexity index is 1240. The van der Waals surface area contributed by atoms with Crippen LogP contribution in [0, 0.1) is 11.8 Å². The van der Waals surface area contributed by atoms with Gasteiger partial charge in [-0.05, 0) is 61.8 Å². The number of H-pyrrole nitrogens is 1. The van der Waals surface area contributed by atoms with Crippen molar-refractivity contribution in [2.45, 2.75) is 37.8 Å². The second kappa shape index (κ2) is 11.9. The normalized spacial score (nSPS) is 16.1. The van der Waals surface area contributed by atoms with E-state index < -0.39 is 6.10 Å². The molecule has 1 aliphatic carbocycles. The number of pyridine rings is 1. The highest BCUT2D eigenvalue weighted by atomic mass is 16.5. The highest BCUT2D eigenvalue weighted by Gasteiger charge is 2.15. The van der Waals surface area contributed by atoms with E-state index in [0.29, 0.717) is 42.2 Å². The van der Waals surface area contributed by atoms with Gasteiger partial charge in [-0.25, -0.2) is 0 Å². The summed E-state index contributed by atoms with van der Waals surface area (Å²) < 4.78 is 5.91. The lowest BCUT2D eigenvalue weighted by Crippen LogP contribution is -2.35. The van der Waals surface area contributed by atoms with Gasteiger partial charge in [-0.2, -0.15) is 0 Å². The number of aromatic amines is 1. The van der Waals surface area contributed by atoms with Gasteiger partial charge >= 0.3 is 0 Å². The number of rotatable bonds is 11. The summed E-state index contributed by atoms with van der Waals surface area (Å²) in [4.78, 5) is 16.5. The fraction of sp³-hybridized carbons (Fsp3) is 0.393. The minimum absolute atomic E-state index is 0.0138. The molecule has 7 heteroatoms. The van der Waals surface area contributed by atoms with Gasteiger partial charge in [0.15, 0.2) is 0 Å². The van der Waals surface area contributed by atoms with E-state index in [1.165, 1.54) is 17.7 Å². The smallest absolute Gasteiger partial charge is 0.248 e. The van der Waals surface area contributed by atoms with Crippen LogP contribution < -0.4 is 15.6 Å². The Kier molecular flexibility index (Phi) is 8.43. The number of nitrogens with zero attached hydrogens (tertiary/aromatic N) is 1. The van der Waals surface area contributed by atoms with Crippen LogP contribution in [0.3, 0.4) is 0 Å². The van der Waals surface area contributed by atoms with Gasteiger partial charge in [0.1, 0.15) is 18.1 Å². The van der Waals surface area contributed by atoms with Gasteiger partial charge in [-0.3, -0.25) is 9.69 Å². The van der Waals surface area contributed by atoms with E-state index in [1.54, 1.807) is 12.1 Å². The molecule has 0 radical (unpaired) electrons. The number of likely N-dealkylation sites (N-methyl/N-ethyl adjacent to an activating group) is 1. The van der Waals surface area contributed by atoms with Crippen LogP contribution in [0.1, 0.15) is 36.5 Å². The molecule has 4 rings (SSSR count). The summed E-state index contributed by atoms with van der Waals surface area (Å²) in [6.07, 6.45) is 3.12. The summed E-state index contributed by atoms with van der Waals surface area (Å²) >= 11 is 0. The molecular formula is C28H33N3O4. The topological polar surface area (TPSA) is 97.8 Å². The average molecular weight is 476 g/mol. The van der Waals surface area contributed by atoms with Crippen LogP contribution in [0.5, 0.6) is 11.5 Å². The Morgan fingerprint density at radius 2 is 2.00 bits per heavy atom. The summed E-state index contributed by atoms with van der Waals surface area (Å²) in [7, 11) is 2.14. The fourth-order valence-corrected chi connectivity index (χ4v) is 4.37. The average Bonchev–Trinajstić information content (AvgIpc) is 2.88. The van der Waals surface area contributed by atoms with Crippen molar-refractivity contribution in [3.63, 3.8) is 0 Å². The van der Waals surface area contributed by atoms with Crippen LogP contribution in [0.2, 0.25) is 0 Å². The number of hydrogen-bond acceptors (Lipinski definition) is 6. The molecule has 35 heavy (non-hydrogen) atoms. The number of nitrogens with one attached hydrogen (secondary N) is 2. The highest BCUT2D eigenvalue weighted by Crippen LogP contribution is 2.28. The lowest BCUT2D eigenvalue weighted by Gasteiger charge is -2.27. The van der Waals surface area contributed by atoms with E-state index in [-0.39, 0.29) is 11.3 Å². The van der Waals surface area contributed by atoms with E-state index in [0.717, 1.165) is 38.0 Å². The number of aliphatic hydroxyl groups excluding tert-OH is 1. The first-order valence-corrected chi connectivity index (χ1v) is 12.1. The predicted molar refractivity (Wildman–Crippen MR) is 138 cm³/mol. The third-order valence-corrected chi connectivity index (χ3v) is 6.52. The molecule has 0 saturated carbocycles. The minimum atomic E-state index is -0.765. The zero-order valence-corrected chi connectivity index (χ0v) is 20.1. The highest BCUT2D eigenvalue weighted by molar-refractivity contribution is 5.87. The lowest BCUT2D eigenvalue weighted by molar-refractivity contribution is 0.176. The van der Waals surface area contributed by atoms with Gasteiger partial charge in [0.2, 0.25) is 5.56 Å². The van der Waals surface area contributed by atoms with Crippen LogP contribution >= 0.6 is 0 Å². The first-order valence-electron chi connectivity index (χ1n) is 12.1. The number of aromatic nitrogens is 1. The lowest BCUT2D eigenvalue weighted by atomic mass is 10.0. The second-order valence-electron chi connectivity index (χ2n) is 8.98. The minimum Gasteiger partial charge on any atom is -0.506 e.